The number of hydrogen-bond donors (Lipinski definition) is 0. The molecule has 2 aliphatic carbocycles. The Morgan fingerprint density at radius 3 is 1.09 bits per heavy atom. The van der Waals surface area contributed by atoms with E-state index in [0.717, 1.165) is 5.46 Å². The van der Waals surface area contributed by atoms with E-state index in [-0.39, 0.29) is 40.4 Å². The first-order chi connectivity index (χ1) is 31.5. The molecule has 339 valence electrons. The predicted octanol–water partition coefficient (Wildman–Crippen LogP) is 15.4. The highest BCUT2D eigenvalue weighted by atomic mass is 79.9. The molecule has 0 spiro atoms. The van der Waals surface area contributed by atoms with Crippen molar-refractivity contribution < 1.29 is 18.6 Å². The average molecular weight is 949 g/mol. The number of rotatable bonds is 1. The van der Waals surface area contributed by atoms with Crippen LogP contribution >= 0.6 is 15.9 Å². The third-order valence-corrected chi connectivity index (χ3v) is 17.1. The second-order valence-corrected chi connectivity index (χ2v) is 23.1. The minimum Gasteiger partial charge on any atom is -0.405 e. The standard InChI is InChI=1S/C30H31BO2.C24H19Br.C6H12BO2/c1-18-16-23-26(21-14-10-8-12-19(18)21)27-22-15-11-9-13-20(22)25(17-24(27)28(23,2)3)31-32-29(4,5)30(6,7)33-31;1-14-12-19-22(17-10-6-4-8-15(14)17)23-18-11-7-5-9-16(18)21(25)13-20(23)24(19,2)3;1-5(2)6(3,4)9-7-8-5/h8-17H,1-7H3;4-13H,1-3H3;1-4H3. The van der Waals surface area contributed by atoms with E-state index in [2.05, 4.69) is 206 Å². The van der Waals surface area contributed by atoms with E-state index < -0.39 is 0 Å². The average Bonchev–Trinajstić information content (AvgIpc) is 3.85. The second-order valence-electron chi connectivity index (χ2n) is 22.3. The Hall–Kier alpha value is -4.75. The molecule has 0 amide bonds. The lowest BCUT2D eigenvalue weighted by atomic mass is 9.72. The molecule has 0 saturated carbocycles. The van der Waals surface area contributed by atoms with Crippen LogP contribution in [-0.2, 0) is 29.4 Å². The molecule has 4 nitrogen and oxygen atoms in total. The van der Waals surface area contributed by atoms with Crippen LogP contribution in [0.15, 0.2) is 126 Å². The first-order valence-corrected chi connectivity index (χ1v) is 24.6. The Morgan fingerprint density at radius 2 is 0.701 bits per heavy atom. The van der Waals surface area contributed by atoms with Crippen molar-refractivity contribution in [3.63, 3.8) is 0 Å². The third-order valence-electron chi connectivity index (χ3n) is 16.4. The number of fused-ring (bicyclic) bond motifs is 14. The zero-order chi connectivity index (χ0) is 47.8. The maximum Gasteiger partial charge on any atom is 0.495 e. The number of benzene rings is 8. The predicted molar refractivity (Wildman–Crippen MR) is 287 cm³/mol. The SMILES string of the molecule is CC1(C)O[B]OC1(C)C.Cc1cc2c(c3ccccc13)-c1c(cc(B3OC(C)(C)C(C)(C)O3)c3ccccc13)C2(C)C.Cc1cc2c(c3ccccc13)-c1c(cc(Br)c3ccccc13)C2(C)C. The molecule has 2 aliphatic heterocycles. The summed E-state index contributed by atoms with van der Waals surface area (Å²) in [6.07, 6.45) is 0. The molecule has 67 heavy (non-hydrogen) atoms. The van der Waals surface area contributed by atoms with Gasteiger partial charge in [-0.1, -0.05) is 159 Å². The highest BCUT2D eigenvalue weighted by Crippen LogP contribution is 2.56. The molecular weight excluding hydrogens is 886 g/mol. The van der Waals surface area contributed by atoms with Gasteiger partial charge >= 0.3 is 14.8 Å². The van der Waals surface area contributed by atoms with Crippen LogP contribution < -0.4 is 5.46 Å². The third kappa shape index (κ3) is 7.00. The van der Waals surface area contributed by atoms with Crippen LogP contribution in [0.1, 0.15) is 116 Å². The Bertz CT molecular complexity index is 3220. The Morgan fingerprint density at radius 1 is 0.388 bits per heavy atom. The molecule has 0 N–H and O–H groups in total. The van der Waals surface area contributed by atoms with Gasteiger partial charge in [0.2, 0.25) is 0 Å². The van der Waals surface area contributed by atoms with Gasteiger partial charge in [0.1, 0.15) is 0 Å². The normalized spacial score (nSPS) is 19.2. The maximum absolute atomic E-state index is 6.53. The zero-order valence-corrected chi connectivity index (χ0v) is 43.3. The molecule has 0 unspecified atom stereocenters. The summed E-state index contributed by atoms with van der Waals surface area (Å²) in [7, 11) is 1.03. The molecular formula is C60H62B2BrO4. The van der Waals surface area contributed by atoms with Gasteiger partial charge in [0.15, 0.2) is 0 Å². The number of halogens is 1. The zero-order valence-electron chi connectivity index (χ0n) is 41.7. The second kappa shape index (κ2) is 15.6. The van der Waals surface area contributed by atoms with Crippen LogP contribution in [0.3, 0.4) is 0 Å². The van der Waals surface area contributed by atoms with Gasteiger partial charge in [-0.2, -0.15) is 0 Å². The quantitative estimate of drug-likeness (QED) is 0.154. The Kier molecular flexibility index (Phi) is 10.7. The topological polar surface area (TPSA) is 36.9 Å². The van der Waals surface area contributed by atoms with Crippen molar-refractivity contribution in [2.24, 2.45) is 0 Å². The fraction of sp³-hybridized carbons (Fsp3) is 0.333. The highest BCUT2D eigenvalue weighted by molar-refractivity contribution is 9.10. The van der Waals surface area contributed by atoms with Gasteiger partial charge in [-0.05, 0) is 179 Å². The van der Waals surface area contributed by atoms with Crippen molar-refractivity contribution in [2.75, 3.05) is 0 Å². The first-order valence-electron chi connectivity index (χ1n) is 23.9. The van der Waals surface area contributed by atoms with Gasteiger partial charge in [0, 0.05) is 15.3 Å². The molecule has 1 radical (unpaired) electrons. The monoisotopic (exact) mass is 947 g/mol. The number of hydrogen-bond acceptors (Lipinski definition) is 4. The van der Waals surface area contributed by atoms with Gasteiger partial charge in [-0.15, -0.1) is 0 Å². The molecule has 2 fully saturated rings. The van der Waals surface area contributed by atoms with Gasteiger partial charge in [-0.25, -0.2) is 0 Å². The van der Waals surface area contributed by atoms with Crippen molar-refractivity contribution in [1.29, 1.82) is 0 Å². The lowest BCUT2D eigenvalue weighted by Crippen LogP contribution is -2.41. The molecule has 4 aliphatic rings. The highest BCUT2D eigenvalue weighted by Gasteiger charge is 2.53. The van der Waals surface area contributed by atoms with E-state index in [9.17, 15) is 0 Å². The molecule has 8 aromatic rings. The van der Waals surface area contributed by atoms with Crippen LogP contribution in [0.25, 0.3) is 65.3 Å². The van der Waals surface area contributed by atoms with E-state index in [4.69, 9.17) is 18.6 Å². The smallest absolute Gasteiger partial charge is 0.405 e. The van der Waals surface area contributed by atoms with Crippen LogP contribution in [0.5, 0.6) is 0 Å². The first kappa shape index (κ1) is 46.0. The minimum absolute atomic E-state index is 0.00596. The summed E-state index contributed by atoms with van der Waals surface area (Å²) in [4.78, 5) is 0. The van der Waals surface area contributed by atoms with Crippen molar-refractivity contribution in [1.82, 2.24) is 0 Å². The fourth-order valence-electron chi connectivity index (χ4n) is 10.9. The summed E-state index contributed by atoms with van der Waals surface area (Å²) in [5.74, 6) is 0. The molecule has 2 heterocycles. The lowest BCUT2D eigenvalue weighted by molar-refractivity contribution is 0.00578. The molecule has 2 saturated heterocycles. The van der Waals surface area contributed by atoms with Crippen molar-refractivity contribution >= 4 is 79.3 Å². The Labute approximate surface area is 407 Å². The van der Waals surface area contributed by atoms with Crippen molar-refractivity contribution in [3.8, 4) is 22.3 Å². The summed E-state index contributed by atoms with van der Waals surface area (Å²) in [5.41, 5.74) is 13.8. The summed E-state index contributed by atoms with van der Waals surface area (Å²) in [5, 5.41) is 10.5. The summed E-state index contributed by atoms with van der Waals surface area (Å²) in [6.45, 7) is 30.4. The van der Waals surface area contributed by atoms with E-state index in [1.54, 1.807) is 0 Å². The molecule has 12 rings (SSSR count). The number of aryl methyl sites for hydroxylation is 2. The largest absolute Gasteiger partial charge is 0.495 e. The molecule has 0 aromatic heterocycles. The van der Waals surface area contributed by atoms with E-state index >= 15 is 0 Å². The van der Waals surface area contributed by atoms with Crippen molar-refractivity contribution in [2.45, 2.75) is 130 Å². The summed E-state index contributed by atoms with van der Waals surface area (Å²) < 4.78 is 24.7. The van der Waals surface area contributed by atoms with Crippen LogP contribution in [-0.4, -0.2) is 37.2 Å². The van der Waals surface area contributed by atoms with E-state index in [0.29, 0.717) is 0 Å². The van der Waals surface area contributed by atoms with Gasteiger partial charge < -0.3 is 18.6 Å². The van der Waals surface area contributed by atoms with Gasteiger partial charge in [0.05, 0.1) is 22.4 Å². The maximum atomic E-state index is 6.53. The lowest BCUT2D eigenvalue weighted by Gasteiger charge is -2.32. The van der Waals surface area contributed by atoms with Gasteiger partial charge in [0.25, 0.3) is 0 Å². The van der Waals surface area contributed by atoms with Crippen molar-refractivity contribution in [3.05, 3.63) is 159 Å². The van der Waals surface area contributed by atoms with E-state index in [1.807, 2.05) is 27.7 Å². The molecule has 0 bridgehead atoms. The van der Waals surface area contributed by atoms with Crippen LogP contribution in [0, 0.1) is 13.8 Å². The molecule has 0 atom stereocenters. The van der Waals surface area contributed by atoms with E-state index in [1.165, 1.54) is 111 Å². The summed E-state index contributed by atoms with van der Waals surface area (Å²) >= 11 is 3.81. The minimum atomic E-state index is -0.386. The van der Waals surface area contributed by atoms with Gasteiger partial charge in [-0.3, -0.25) is 0 Å². The molecule has 8 aromatic carbocycles. The molecule has 7 heteroatoms. The Balaban J connectivity index is 0.000000136. The van der Waals surface area contributed by atoms with Crippen LogP contribution in [0.4, 0.5) is 0 Å². The summed E-state index contributed by atoms with van der Waals surface area (Å²) in [6, 6.07) is 44.7. The fourth-order valence-corrected chi connectivity index (χ4v) is 11.5. The van der Waals surface area contributed by atoms with Crippen LogP contribution in [0.2, 0.25) is 0 Å².